The van der Waals surface area contributed by atoms with Crippen molar-refractivity contribution in [2.45, 2.75) is 53.1 Å². The van der Waals surface area contributed by atoms with Gasteiger partial charge in [0.05, 0.1) is 12.8 Å². The maximum Gasteiger partial charge on any atom is 0.221 e. The summed E-state index contributed by atoms with van der Waals surface area (Å²) in [6, 6.07) is 6.08. The molecule has 0 aliphatic carbocycles. The molecule has 0 saturated carbocycles. The molecule has 1 atom stereocenters. The smallest absolute Gasteiger partial charge is 0.221 e. The molecule has 1 aromatic rings. The highest BCUT2D eigenvalue weighted by Gasteiger charge is 2.09. The van der Waals surface area contributed by atoms with Gasteiger partial charge in [-0.1, -0.05) is 19.9 Å². The number of hydrogen-bond donors (Lipinski definition) is 3. The van der Waals surface area contributed by atoms with E-state index in [2.05, 4.69) is 46.6 Å². The molecule has 0 aliphatic rings. The molecule has 1 rings (SSSR count). The van der Waals surface area contributed by atoms with Crippen molar-refractivity contribution in [2.24, 2.45) is 4.99 Å². The topological polar surface area (TPSA) is 78.0 Å². The van der Waals surface area contributed by atoms with Crippen molar-refractivity contribution in [1.82, 2.24) is 15.5 Å². The van der Waals surface area contributed by atoms with E-state index in [1.807, 2.05) is 18.2 Å². The third-order valence-corrected chi connectivity index (χ3v) is 4.65. The van der Waals surface area contributed by atoms with E-state index in [0.717, 1.165) is 44.0 Å². The molecule has 1 unspecified atom stereocenters. The number of guanidine groups is 1. The molecule has 1 aromatic carbocycles. The third kappa shape index (κ3) is 8.61. The molecule has 0 spiro atoms. The summed E-state index contributed by atoms with van der Waals surface area (Å²) in [7, 11) is 3.36. The van der Waals surface area contributed by atoms with Gasteiger partial charge in [-0.25, -0.2) is 0 Å². The molecule has 158 valence electrons. The van der Waals surface area contributed by atoms with Gasteiger partial charge in [-0.15, -0.1) is 0 Å². The second kappa shape index (κ2) is 13.0. The highest BCUT2D eigenvalue weighted by Crippen LogP contribution is 2.25. The Kier molecular flexibility index (Phi) is 11.0. The Morgan fingerprint density at radius 3 is 2.57 bits per heavy atom. The first-order valence-electron chi connectivity index (χ1n) is 10.1. The molecule has 0 saturated heterocycles. The Hall–Kier alpha value is -2.28. The lowest BCUT2D eigenvalue weighted by Gasteiger charge is -2.21. The second-order valence-electron chi connectivity index (χ2n) is 6.86. The number of amides is 1. The number of carbonyl (C=O) groups is 1. The average molecular weight is 392 g/mol. The first-order chi connectivity index (χ1) is 13.4. The first-order valence-corrected chi connectivity index (χ1v) is 10.1. The minimum Gasteiger partial charge on any atom is -0.495 e. The molecule has 0 aromatic heterocycles. The van der Waals surface area contributed by atoms with E-state index in [9.17, 15) is 4.79 Å². The van der Waals surface area contributed by atoms with E-state index >= 15 is 0 Å². The maximum atomic E-state index is 11.4. The van der Waals surface area contributed by atoms with Crippen LogP contribution in [0.3, 0.4) is 0 Å². The van der Waals surface area contributed by atoms with Crippen molar-refractivity contribution in [1.29, 1.82) is 0 Å². The second-order valence-corrected chi connectivity index (χ2v) is 6.86. The van der Waals surface area contributed by atoms with Gasteiger partial charge in [0.15, 0.2) is 5.96 Å². The fraction of sp³-hybridized carbons (Fsp3) is 0.619. The Labute approximate surface area is 169 Å². The number of hydrogen-bond acceptors (Lipinski definition) is 4. The van der Waals surface area contributed by atoms with E-state index in [-0.39, 0.29) is 5.91 Å². The highest BCUT2D eigenvalue weighted by molar-refractivity contribution is 5.90. The van der Waals surface area contributed by atoms with Crippen molar-refractivity contribution < 1.29 is 9.53 Å². The zero-order chi connectivity index (χ0) is 20.9. The lowest BCUT2D eigenvalue weighted by Crippen LogP contribution is -2.42. The Morgan fingerprint density at radius 2 is 2.00 bits per heavy atom. The van der Waals surface area contributed by atoms with Crippen LogP contribution in [0.2, 0.25) is 0 Å². The van der Waals surface area contributed by atoms with Crippen molar-refractivity contribution in [3.8, 4) is 5.75 Å². The number of aliphatic imine (C=N–C) groups is 1. The quantitative estimate of drug-likeness (QED) is 0.399. The summed E-state index contributed by atoms with van der Waals surface area (Å²) in [5.74, 6) is 1.29. The van der Waals surface area contributed by atoms with Gasteiger partial charge in [0.25, 0.3) is 0 Å². The van der Waals surface area contributed by atoms with E-state index < -0.39 is 0 Å². The standard InChI is InChI=1S/C21H37N5O2/c1-7-26(8-2)13-9-10-16(3)24-21(22-5)23-15-18-11-12-20(28-6)19(14-18)25-17(4)27/h11-12,14,16H,7-10,13,15H2,1-6H3,(H,25,27)(H2,22,23,24). The Morgan fingerprint density at radius 1 is 1.29 bits per heavy atom. The molecule has 0 bridgehead atoms. The molecular weight excluding hydrogens is 354 g/mol. The molecule has 7 nitrogen and oxygen atoms in total. The number of nitrogens with one attached hydrogen (secondary N) is 3. The van der Waals surface area contributed by atoms with E-state index in [1.54, 1.807) is 14.2 Å². The normalized spacial score (nSPS) is 12.6. The molecule has 1 amide bonds. The average Bonchev–Trinajstić information content (AvgIpc) is 2.68. The summed E-state index contributed by atoms with van der Waals surface area (Å²) in [4.78, 5) is 18.1. The zero-order valence-corrected chi connectivity index (χ0v) is 18.3. The van der Waals surface area contributed by atoms with Gasteiger partial charge in [0, 0.05) is 26.6 Å². The molecular formula is C21H37N5O2. The van der Waals surface area contributed by atoms with Gasteiger partial charge >= 0.3 is 0 Å². The zero-order valence-electron chi connectivity index (χ0n) is 18.3. The minimum atomic E-state index is -0.126. The number of carbonyl (C=O) groups excluding carboxylic acids is 1. The highest BCUT2D eigenvalue weighted by atomic mass is 16.5. The predicted molar refractivity (Wildman–Crippen MR) is 117 cm³/mol. The van der Waals surface area contributed by atoms with Gasteiger partial charge in [-0.2, -0.15) is 0 Å². The molecule has 28 heavy (non-hydrogen) atoms. The van der Waals surface area contributed by atoms with Crippen LogP contribution in [-0.4, -0.2) is 56.6 Å². The van der Waals surface area contributed by atoms with Crippen LogP contribution in [0.15, 0.2) is 23.2 Å². The molecule has 0 heterocycles. The van der Waals surface area contributed by atoms with Crippen LogP contribution in [-0.2, 0) is 11.3 Å². The SMILES string of the molecule is CCN(CC)CCCC(C)NC(=NC)NCc1ccc(OC)c(NC(C)=O)c1. The van der Waals surface area contributed by atoms with Crippen LogP contribution in [0.4, 0.5) is 5.69 Å². The van der Waals surface area contributed by atoms with E-state index in [4.69, 9.17) is 4.74 Å². The van der Waals surface area contributed by atoms with Crippen molar-refractivity contribution in [2.75, 3.05) is 39.1 Å². The maximum absolute atomic E-state index is 11.4. The molecule has 7 heteroatoms. The van der Waals surface area contributed by atoms with Crippen molar-refractivity contribution in [3.05, 3.63) is 23.8 Å². The van der Waals surface area contributed by atoms with Gasteiger partial charge in [-0.3, -0.25) is 9.79 Å². The van der Waals surface area contributed by atoms with Crippen LogP contribution in [0.1, 0.15) is 46.1 Å². The minimum absolute atomic E-state index is 0.126. The summed E-state index contributed by atoms with van der Waals surface area (Å²) in [5, 5.41) is 9.57. The Bertz CT molecular complexity index is 629. The number of methoxy groups -OCH3 is 1. The fourth-order valence-corrected chi connectivity index (χ4v) is 3.00. The van der Waals surface area contributed by atoms with Crippen LogP contribution in [0, 0.1) is 0 Å². The number of nitrogens with zero attached hydrogens (tertiary/aromatic N) is 2. The number of benzene rings is 1. The molecule has 3 N–H and O–H groups in total. The monoisotopic (exact) mass is 391 g/mol. The third-order valence-electron chi connectivity index (χ3n) is 4.65. The van der Waals surface area contributed by atoms with Crippen molar-refractivity contribution in [3.63, 3.8) is 0 Å². The van der Waals surface area contributed by atoms with Crippen LogP contribution >= 0.6 is 0 Å². The summed E-state index contributed by atoms with van der Waals surface area (Å²) in [6.07, 6.45) is 2.25. The summed E-state index contributed by atoms with van der Waals surface area (Å²) >= 11 is 0. The largest absolute Gasteiger partial charge is 0.495 e. The number of rotatable bonds is 11. The Balaban J connectivity index is 2.54. The van der Waals surface area contributed by atoms with Crippen LogP contribution in [0.5, 0.6) is 5.75 Å². The van der Waals surface area contributed by atoms with Crippen LogP contribution < -0.4 is 20.7 Å². The number of anilines is 1. The lowest BCUT2D eigenvalue weighted by atomic mass is 10.1. The van der Waals surface area contributed by atoms with Crippen molar-refractivity contribution >= 4 is 17.6 Å². The van der Waals surface area contributed by atoms with Gasteiger partial charge < -0.3 is 25.6 Å². The molecule has 0 aliphatic heterocycles. The first kappa shape index (κ1) is 23.8. The van der Waals surface area contributed by atoms with E-state index in [0.29, 0.717) is 24.0 Å². The lowest BCUT2D eigenvalue weighted by molar-refractivity contribution is -0.114. The number of ether oxygens (including phenoxy) is 1. The summed E-state index contributed by atoms with van der Waals surface area (Å²) < 4.78 is 5.30. The summed E-state index contributed by atoms with van der Waals surface area (Å²) in [5.41, 5.74) is 1.70. The van der Waals surface area contributed by atoms with Gasteiger partial charge in [0.2, 0.25) is 5.91 Å². The fourth-order valence-electron chi connectivity index (χ4n) is 3.00. The summed E-state index contributed by atoms with van der Waals surface area (Å²) in [6.45, 7) is 12.0. The van der Waals surface area contributed by atoms with Crippen LogP contribution in [0.25, 0.3) is 0 Å². The molecule has 0 fully saturated rings. The molecule has 0 radical (unpaired) electrons. The van der Waals surface area contributed by atoms with Gasteiger partial charge in [-0.05, 0) is 57.1 Å². The van der Waals surface area contributed by atoms with Gasteiger partial charge in [0.1, 0.15) is 5.75 Å². The van der Waals surface area contributed by atoms with E-state index in [1.165, 1.54) is 6.92 Å². The predicted octanol–water partition coefficient (Wildman–Crippen LogP) is 2.83.